The van der Waals surface area contributed by atoms with E-state index in [9.17, 15) is 4.79 Å². The van der Waals surface area contributed by atoms with Crippen LogP contribution < -0.4 is 19.5 Å². The number of ether oxygens (including phenoxy) is 4. The third kappa shape index (κ3) is 5.15. The number of benzene rings is 1. The molecule has 0 saturated heterocycles. The molecule has 1 aromatic carbocycles. The maximum absolute atomic E-state index is 11.0. The lowest BCUT2D eigenvalue weighted by atomic mass is 10.1. The van der Waals surface area contributed by atoms with E-state index < -0.39 is 0 Å². The van der Waals surface area contributed by atoms with Gasteiger partial charge in [0.15, 0.2) is 11.5 Å². The Morgan fingerprint density at radius 1 is 1.05 bits per heavy atom. The van der Waals surface area contributed by atoms with E-state index in [2.05, 4.69) is 10.1 Å². The second-order valence-electron chi connectivity index (χ2n) is 4.39. The zero-order valence-corrected chi connectivity index (χ0v) is 13.0. The standard InChI is InChI=1S/C15H23NO5/c1-18-12-8-11(9-13(19-2)15(12)21-4)10-16-7-5-6-14(17)20-3/h8-9,16H,5-7,10H2,1-4H3. The van der Waals surface area contributed by atoms with Gasteiger partial charge in [-0.3, -0.25) is 4.79 Å². The van der Waals surface area contributed by atoms with Crippen LogP contribution in [-0.4, -0.2) is 41.0 Å². The molecule has 21 heavy (non-hydrogen) atoms. The molecule has 1 aromatic rings. The number of methoxy groups -OCH3 is 4. The summed E-state index contributed by atoms with van der Waals surface area (Å²) >= 11 is 0. The van der Waals surface area contributed by atoms with Gasteiger partial charge in [0.05, 0.1) is 28.4 Å². The molecule has 1 N–H and O–H groups in total. The highest BCUT2D eigenvalue weighted by molar-refractivity contribution is 5.69. The second-order valence-corrected chi connectivity index (χ2v) is 4.39. The zero-order chi connectivity index (χ0) is 15.7. The molecule has 0 atom stereocenters. The normalized spacial score (nSPS) is 10.1. The maximum atomic E-state index is 11.0. The van der Waals surface area contributed by atoms with Crippen LogP contribution in [0.2, 0.25) is 0 Å². The van der Waals surface area contributed by atoms with Gasteiger partial charge in [0.1, 0.15) is 0 Å². The molecule has 0 spiro atoms. The van der Waals surface area contributed by atoms with E-state index in [-0.39, 0.29) is 5.97 Å². The number of nitrogens with one attached hydrogen (secondary N) is 1. The molecule has 0 aliphatic heterocycles. The fraction of sp³-hybridized carbons (Fsp3) is 0.533. The first-order chi connectivity index (χ1) is 10.2. The third-order valence-electron chi connectivity index (χ3n) is 3.02. The van der Waals surface area contributed by atoms with E-state index in [1.165, 1.54) is 7.11 Å². The average Bonchev–Trinajstić information content (AvgIpc) is 2.52. The van der Waals surface area contributed by atoms with Gasteiger partial charge in [-0.2, -0.15) is 0 Å². The summed E-state index contributed by atoms with van der Waals surface area (Å²) in [5.74, 6) is 1.64. The van der Waals surface area contributed by atoms with Gasteiger partial charge in [-0.1, -0.05) is 0 Å². The smallest absolute Gasteiger partial charge is 0.305 e. The molecule has 0 aromatic heterocycles. The van der Waals surface area contributed by atoms with E-state index in [4.69, 9.17) is 14.2 Å². The molecule has 6 heteroatoms. The van der Waals surface area contributed by atoms with Gasteiger partial charge in [0.25, 0.3) is 0 Å². The number of esters is 1. The van der Waals surface area contributed by atoms with Crippen molar-refractivity contribution in [2.45, 2.75) is 19.4 Å². The Balaban J connectivity index is 2.57. The molecule has 0 unspecified atom stereocenters. The summed E-state index contributed by atoms with van der Waals surface area (Å²) in [6, 6.07) is 3.79. The van der Waals surface area contributed by atoms with Gasteiger partial charge < -0.3 is 24.3 Å². The average molecular weight is 297 g/mol. The van der Waals surface area contributed by atoms with E-state index in [1.54, 1.807) is 21.3 Å². The summed E-state index contributed by atoms with van der Waals surface area (Å²) in [6.07, 6.45) is 1.15. The number of rotatable bonds is 9. The number of hydrogen-bond donors (Lipinski definition) is 1. The first-order valence-corrected chi connectivity index (χ1v) is 6.72. The highest BCUT2D eigenvalue weighted by atomic mass is 16.5. The largest absolute Gasteiger partial charge is 0.493 e. The first-order valence-electron chi connectivity index (χ1n) is 6.72. The van der Waals surface area contributed by atoms with Crippen LogP contribution in [0.5, 0.6) is 17.2 Å². The minimum Gasteiger partial charge on any atom is -0.493 e. The molecule has 0 aliphatic carbocycles. The molecule has 0 radical (unpaired) electrons. The van der Waals surface area contributed by atoms with Crippen molar-refractivity contribution >= 4 is 5.97 Å². The highest BCUT2D eigenvalue weighted by Gasteiger charge is 2.12. The minimum absolute atomic E-state index is 0.190. The molecule has 0 saturated carbocycles. The maximum Gasteiger partial charge on any atom is 0.305 e. The Morgan fingerprint density at radius 2 is 1.67 bits per heavy atom. The number of carbonyl (C=O) groups is 1. The van der Waals surface area contributed by atoms with Crippen LogP contribution in [0.25, 0.3) is 0 Å². The van der Waals surface area contributed by atoms with Crippen LogP contribution in [0.4, 0.5) is 0 Å². The van der Waals surface area contributed by atoms with Gasteiger partial charge in [-0.05, 0) is 30.7 Å². The Morgan fingerprint density at radius 3 is 2.14 bits per heavy atom. The summed E-state index contributed by atoms with van der Waals surface area (Å²) < 4.78 is 20.5. The number of carbonyl (C=O) groups excluding carboxylic acids is 1. The summed E-state index contributed by atoms with van der Waals surface area (Å²) in [4.78, 5) is 11.0. The van der Waals surface area contributed by atoms with Crippen molar-refractivity contribution in [3.05, 3.63) is 17.7 Å². The fourth-order valence-corrected chi connectivity index (χ4v) is 1.93. The van der Waals surface area contributed by atoms with Gasteiger partial charge in [-0.15, -0.1) is 0 Å². The van der Waals surface area contributed by atoms with Crippen molar-refractivity contribution in [2.24, 2.45) is 0 Å². The molecular formula is C15H23NO5. The molecule has 0 bridgehead atoms. The molecule has 0 amide bonds. The summed E-state index contributed by atoms with van der Waals surface area (Å²) in [5.41, 5.74) is 1.02. The van der Waals surface area contributed by atoms with Crippen LogP contribution in [0.1, 0.15) is 18.4 Å². The number of hydrogen-bond acceptors (Lipinski definition) is 6. The topological polar surface area (TPSA) is 66.0 Å². The molecule has 0 heterocycles. The van der Waals surface area contributed by atoms with Crippen LogP contribution in [0.15, 0.2) is 12.1 Å². The molecule has 118 valence electrons. The van der Waals surface area contributed by atoms with Crippen molar-refractivity contribution in [3.63, 3.8) is 0 Å². The Kier molecular flexibility index (Phi) is 7.39. The minimum atomic E-state index is -0.190. The predicted molar refractivity (Wildman–Crippen MR) is 79.1 cm³/mol. The Bertz CT molecular complexity index is 436. The first kappa shape index (κ1) is 17.1. The van der Waals surface area contributed by atoms with Crippen molar-refractivity contribution in [3.8, 4) is 17.2 Å². The molecule has 6 nitrogen and oxygen atoms in total. The van der Waals surface area contributed by atoms with Gasteiger partial charge in [-0.25, -0.2) is 0 Å². The molecule has 1 rings (SSSR count). The summed E-state index contributed by atoms with van der Waals surface area (Å²) in [7, 11) is 6.15. The lowest BCUT2D eigenvalue weighted by Gasteiger charge is -2.14. The van der Waals surface area contributed by atoms with Crippen molar-refractivity contribution in [2.75, 3.05) is 35.0 Å². The van der Waals surface area contributed by atoms with Crippen molar-refractivity contribution in [1.82, 2.24) is 5.32 Å². The van der Waals surface area contributed by atoms with E-state index >= 15 is 0 Å². The van der Waals surface area contributed by atoms with E-state index in [0.29, 0.717) is 30.2 Å². The Hall–Kier alpha value is -1.95. The van der Waals surface area contributed by atoms with Crippen LogP contribution >= 0.6 is 0 Å². The van der Waals surface area contributed by atoms with Crippen LogP contribution in [0.3, 0.4) is 0 Å². The quantitative estimate of drug-likeness (QED) is 0.553. The SMILES string of the molecule is COC(=O)CCCNCc1cc(OC)c(OC)c(OC)c1. The molecular weight excluding hydrogens is 274 g/mol. The van der Waals surface area contributed by atoms with Crippen molar-refractivity contribution in [1.29, 1.82) is 0 Å². The summed E-state index contributed by atoms with van der Waals surface area (Å²) in [5, 5.41) is 3.26. The highest BCUT2D eigenvalue weighted by Crippen LogP contribution is 2.38. The van der Waals surface area contributed by atoms with E-state index in [1.807, 2.05) is 12.1 Å². The Labute approximate surface area is 125 Å². The zero-order valence-electron chi connectivity index (χ0n) is 13.0. The third-order valence-corrected chi connectivity index (χ3v) is 3.02. The van der Waals surface area contributed by atoms with Crippen LogP contribution in [-0.2, 0) is 16.1 Å². The van der Waals surface area contributed by atoms with Crippen LogP contribution in [0, 0.1) is 0 Å². The molecule has 0 aliphatic rings. The van der Waals surface area contributed by atoms with Gasteiger partial charge in [0, 0.05) is 13.0 Å². The lowest BCUT2D eigenvalue weighted by Crippen LogP contribution is -2.16. The summed E-state index contributed by atoms with van der Waals surface area (Å²) in [6.45, 7) is 1.38. The van der Waals surface area contributed by atoms with Crippen molar-refractivity contribution < 1.29 is 23.7 Å². The molecule has 0 fully saturated rings. The monoisotopic (exact) mass is 297 g/mol. The fourth-order valence-electron chi connectivity index (χ4n) is 1.93. The lowest BCUT2D eigenvalue weighted by molar-refractivity contribution is -0.140. The van der Waals surface area contributed by atoms with E-state index in [0.717, 1.165) is 18.5 Å². The van der Waals surface area contributed by atoms with Gasteiger partial charge >= 0.3 is 5.97 Å². The van der Waals surface area contributed by atoms with Gasteiger partial charge in [0.2, 0.25) is 5.75 Å². The predicted octanol–water partition coefficient (Wildman–Crippen LogP) is 1.76. The second kappa shape index (κ2) is 9.07.